The first-order valence-electron chi connectivity index (χ1n) is 9.19. The smallest absolute Gasteiger partial charge is 0.434 e. The molecule has 31 heavy (non-hydrogen) atoms. The first-order chi connectivity index (χ1) is 14.6. The van der Waals surface area contributed by atoms with Crippen molar-refractivity contribution in [2.75, 3.05) is 19.6 Å². The molecule has 0 saturated carbocycles. The number of alkyl halides is 6. The highest BCUT2D eigenvalue weighted by Crippen LogP contribution is 2.37. The van der Waals surface area contributed by atoms with E-state index < -0.39 is 36.5 Å². The van der Waals surface area contributed by atoms with Crippen LogP contribution in [-0.4, -0.2) is 65.0 Å². The summed E-state index contributed by atoms with van der Waals surface area (Å²) in [4.78, 5) is 22.1. The van der Waals surface area contributed by atoms with E-state index in [-0.39, 0.29) is 13.1 Å². The Morgan fingerprint density at radius 1 is 1.03 bits per heavy atom. The van der Waals surface area contributed by atoms with Crippen LogP contribution < -0.4 is 5.32 Å². The van der Waals surface area contributed by atoms with E-state index >= 15 is 0 Å². The number of hydrogen-bond donors (Lipinski definition) is 1. The lowest BCUT2D eigenvalue weighted by molar-refractivity contribution is -0.314. The normalized spacial score (nSPS) is 18.4. The van der Waals surface area contributed by atoms with Crippen molar-refractivity contribution in [1.29, 1.82) is 0 Å². The lowest BCUT2D eigenvalue weighted by Crippen LogP contribution is -2.58. The number of halogens is 6. The molecule has 2 aromatic rings. The largest absolute Gasteiger partial charge is 0.442 e. The molecule has 0 aliphatic carbocycles. The zero-order valence-electron chi connectivity index (χ0n) is 15.9. The van der Waals surface area contributed by atoms with Gasteiger partial charge in [-0.15, -0.1) is 0 Å². The Bertz CT molecular complexity index is 810. The second-order valence-electron chi connectivity index (χ2n) is 6.83. The molecule has 1 aliphatic heterocycles. The fraction of sp³-hybridized carbons (Fsp3) is 0.421. The molecule has 1 atom stereocenters. The monoisotopic (exact) mass is 448 g/mol. The summed E-state index contributed by atoms with van der Waals surface area (Å²) in [5.41, 5.74) is 1.19. The molecule has 2 aromatic heterocycles. The van der Waals surface area contributed by atoms with Crippen LogP contribution in [0.15, 0.2) is 49.1 Å². The molecule has 12 heteroatoms. The number of hydrogen-bond acceptors (Lipinski definition) is 6. The minimum Gasteiger partial charge on any atom is -0.442 e. The molecule has 1 aliphatic rings. The van der Waals surface area contributed by atoms with Gasteiger partial charge in [-0.05, 0) is 23.3 Å². The van der Waals surface area contributed by atoms with Gasteiger partial charge in [0.15, 0.2) is 0 Å². The second-order valence-corrected chi connectivity index (χ2v) is 6.83. The summed E-state index contributed by atoms with van der Waals surface area (Å²) in [7, 11) is 0. The van der Waals surface area contributed by atoms with Crippen molar-refractivity contribution in [3.05, 3.63) is 60.2 Å². The number of esters is 1. The first kappa shape index (κ1) is 22.9. The van der Waals surface area contributed by atoms with Gasteiger partial charge in [0.1, 0.15) is 6.04 Å². The molecule has 1 N–H and O–H groups in total. The molecule has 0 spiro atoms. The molecule has 1 unspecified atom stereocenters. The molecular weight excluding hydrogens is 430 g/mol. The summed E-state index contributed by atoms with van der Waals surface area (Å²) in [5.74, 6) is -1.62. The van der Waals surface area contributed by atoms with Gasteiger partial charge in [-0.2, -0.15) is 26.3 Å². The third-order valence-electron chi connectivity index (χ3n) is 4.72. The summed E-state index contributed by atoms with van der Waals surface area (Å²) in [6, 6.07) is 4.59. The van der Waals surface area contributed by atoms with Crippen molar-refractivity contribution < 1.29 is 35.9 Å². The van der Waals surface area contributed by atoms with E-state index in [1.807, 2.05) is 0 Å². The van der Waals surface area contributed by atoms with Crippen LogP contribution in [-0.2, 0) is 9.53 Å². The van der Waals surface area contributed by atoms with Crippen molar-refractivity contribution in [3.8, 4) is 0 Å². The number of nitrogens with one attached hydrogen (secondary N) is 1. The van der Waals surface area contributed by atoms with Gasteiger partial charge in [0.05, 0.1) is 6.04 Å². The molecule has 0 aromatic carbocycles. The lowest BCUT2D eigenvalue weighted by Gasteiger charge is -2.40. The molecule has 1 saturated heterocycles. The Hall–Kier alpha value is -2.73. The molecular formula is C19H18F6N4O2. The van der Waals surface area contributed by atoms with E-state index in [0.29, 0.717) is 17.7 Å². The molecule has 3 heterocycles. The quantitative estimate of drug-likeness (QED) is 0.561. The zero-order chi connectivity index (χ0) is 22.6. The van der Waals surface area contributed by atoms with Crippen molar-refractivity contribution in [1.82, 2.24) is 20.2 Å². The molecule has 0 radical (unpaired) electrons. The summed E-state index contributed by atoms with van der Waals surface area (Å²) in [6.07, 6.45) is -9.71. The summed E-state index contributed by atoms with van der Waals surface area (Å²) < 4.78 is 81.3. The van der Waals surface area contributed by atoms with Crippen molar-refractivity contribution in [2.24, 2.45) is 0 Å². The van der Waals surface area contributed by atoms with Gasteiger partial charge in [0.2, 0.25) is 0 Å². The van der Waals surface area contributed by atoms with E-state index in [2.05, 4.69) is 20.0 Å². The maximum Gasteiger partial charge on any atom is 0.434 e. The lowest BCUT2D eigenvalue weighted by atomic mass is 9.97. The van der Waals surface area contributed by atoms with E-state index in [0.717, 1.165) is 0 Å². The Morgan fingerprint density at radius 2 is 1.58 bits per heavy atom. The zero-order valence-corrected chi connectivity index (χ0v) is 15.9. The van der Waals surface area contributed by atoms with Crippen LogP contribution in [0.25, 0.3) is 0 Å². The highest BCUT2D eigenvalue weighted by molar-refractivity contribution is 5.77. The topological polar surface area (TPSA) is 67.3 Å². The number of rotatable bonds is 5. The van der Waals surface area contributed by atoms with Crippen LogP contribution in [0.5, 0.6) is 0 Å². The number of carbonyl (C=O) groups excluding carboxylic acids is 1. The second kappa shape index (κ2) is 9.18. The maximum absolute atomic E-state index is 12.9. The number of carbonyl (C=O) groups is 1. The van der Waals surface area contributed by atoms with E-state index in [9.17, 15) is 31.1 Å². The van der Waals surface area contributed by atoms with Crippen LogP contribution in [0.4, 0.5) is 26.3 Å². The third-order valence-corrected chi connectivity index (χ3v) is 4.72. The highest BCUT2D eigenvalue weighted by Gasteiger charge is 2.60. The molecule has 168 valence electrons. The minimum absolute atomic E-state index is 0.164. The van der Waals surface area contributed by atoms with E-state index in [4.69, 9.17) is 0 Å². The Balaban J connectivity index is 1.95. The van der Waals surface area contributed by atoms with Gasteiger partial charge in [-0.25, -0.2) is 0 Å². The van der Waals surface area contributed by atoms with Gasteiger partial charge < -0.3 is 10.1 Å². The molecule has 0 amide bonds. The van der Waals surface area contributed by atoms with Gasteiger partial charge in [0.25, 0.3) is 6.10 Å². The summed E-state index contributed by atoms with van der Waals surface area (Å²) in [5, 5.41) is 2.82. The predicted octanol–water partition coefficient (Wildman–Crippen LogP) is 2.88. The predicted molar refractivity (Wildman–Crippen MR) is 95.7 cm³/mol. The van der Waals surface area contributed by atoms with Crippen LogP contribution in [0, 0.1) is 0 Å². The number of pyridine rings is 2. The number of piperazine rings is 1. The fourth-order valence-electron chi connectivity index (χ4n) is 3.41. The van der Waals surface area contributed by atoms with Gasteiger partial charge in [-0.1, -0.05) is 12.1 Å². The van der Waals surface area contributed by atoms with Gasteiger partial charge in [0, 0.05) is 44.4 Å². The van der Waals surface area contributed by atoms with E-state index in [1.165, 1.54) is 29.7 Å². The van der Waals surface area contributed by atoms with Crippen LogP contribution in [0.3, 0.4) is 0 Å². The van der Waals surface area contributed by atoms with Crippen molar-refractivity contribution in [2.45, 2.75) is 30.5 Å². The minimum atomic E-state index is -5.78. The molecule has 0 bridgehead atoms. The first-order valence-corrected chi connectivity index (χ1v) is 9.19. The number of aromatic nitrogens is 2. The summed E-state index contributed by atoms with van der Waals surface area (Å²) >= 11 is 0. The molecule has 3 rings (SSSR count). The fourth-order valence-corrected chi connectivity index (χ4v) is 3.41. The molecule has 6 nitrogen and oxygen atoms in total. The molecule has 1 fully saturated rings. The summed E-state index contributed by atoms with van der Waals surface area (Å²) in [6.45, 7) is 0.345. The number of ether oxygens (including phenoxy) is 1. The Morgan fingerprint density at radius 3 is 2.03 bits per heavy atom. The van der Waals surface area contributed by atoms with E-state index in [1.54, 1.807) is 24.3 Å². The van der Waals surface area contributed by atoms with Crippen LogP contribution in [0.2, 0.25) is 0 Å². The third kappa shape index (κ3) is 5.50. The average Bonchev–Trinajstić information content (AvgIpc) is 2.72. The Kier molecular flexibility index (Phi) is 6.80. The maximum atomic E-state index is 12.9. The number of nitrogens with zero attached hydrogens (tertiary/aromatic N) is 3. The van der Waals surface area contributed by atoms with Gasteiger partial charge >= 0.3 is 18.3 Å². The SMILES string of the molecule is O=C(OC(C(F)(F)F)C(F)(F)F)C1CNCCN1C(c1cccnc1)c1cccnc1. The standard InChI is InChI=1S/C19H18F6N4O2/c20-18(21,22)17(19(23,24)25)31-16(30)14-11-28-7-8-29(14)15(12-3-1-5-26-9-12)13-4-2-6-27-10-13/h1-6,9-10,14-15,17,28H,7-8,11H2. The van der Waals surface area contributed by atoms with Crippen LogP contribution >= 0.6 is 0 Å². The highest BCUT2D eigenvalue weighted by atomic mass is 19.4. The average molecular weight is 448 g/mol. The van der Waals surface area contributed by atoms with Crippen molar-refractivity contribution in [3.63, 3.8) is 0 Å². The van der Waals surface area contributed by atoms with Gasteiger partial charge in [-0.3, -0.25) is 19.7 Å². The van der Waals surface area contributed by atoms with Crippen LogP contribution in [0.1, 0.15) is 17.2 Å². The van der Waals surface area contributed by atoms with Crippen molar-refractivity contribution >= 4 is 5.97 Å². The Labute approximate surface area is 173 Å².